The lowest BCUT2D eigenvalue weighted by Gasteiger charge is -2.16. The molecule has 0 spiro atoms. The minimum atomic E-state index is 0.515. The van der Waals surface area contributed by atoms with Gasteiger partial charge in [-0.1, -0.05) is 13.0 Å². The molecule has 2 aromatic rings. The summed E-state index contributed by atoms with van der Waals surface area (Å²) in [6.45, 7) is 3.33. The van der Waals surface area contributed by atoms with Gasteiger partial charge in [0.25, 0.3) is 0 Å². The third-order valence-corrected chi connectivity index (χ3v) is 5.17. The Kier molecular flexibility index (Phi) is 3.32. The molecule has 2 heterocycles. The molecule has 0 saturated heterocycles. The summed E-state index contributed by atoms with van der Waals surface area (Å²) >= 11 is 0. The lowest BCUT2D eigenvalue weighted by Crippen LogP contribution is -2.17. The number of aromatic nitrogens is 3. The second-order valence-electron chi connectivity index (χ2n) is 6.60. The molecule has 4 heteroatoms. The van der Waals surface area contributed by atoms with Crippen molar-refractivity contribution >= 4 is 5.82 Å². The molecule has 0 bridgehead atoms. The standard InChI is InChI=1S/C18H22N4/c1-2-18(9-10-18)12-20-16-13-6-5-8-14(13)21-17(22-16)15-7-3-4-11-19-15/h3-4,7,11H,2,5-6,8-10,12H2,1H3,(H,20,21,22). The van der Waals surface area contributed by atoms with Crippen LogP contribution < -0.4 is 5.32 Å². The van der Waals surface area contributed by atoms with E-state index in [-0.39, 0.29) is 0 Å². The van der Waals surface area contributed by atoms with Crippen molar-refractivity contribution in [3.05, 3.63) is 35.7 Å². The predicted octanol–water partition coefficient (Wildman–Crippen LogP) is 3.63. The van der Waals surface area contributed by atoms with Gasteiger partial charge in [-0.3, -0.25) is 4.98 Å². The van der Waals surface area contributed by atoms with Crippen molar-refractivity contribution in [2.45, 2.75) is 45.4 Å². The molecule has 114 valence electrons. The highest BCUT2D eigenvalue weighted by molar-refractivity contribution is 5.57. The van der Waals surface area contributed by atoms with Gasteiger partial charge >= 0.3 is 0 Å². The maximum Gasteiger partial charge on any atom is 0.180 e. The van der Waals surface area contributed by atoms with Gasteiger partial charge in [-0.25, -0.2) is 9.97 Å². The van der Waals surface area contributed by atoms with Crippen LogP contribution >= 0.6 is 0 Å². The third-order valence-electron chi connectivity index (χ3n) is 5.17. The number of pyridine rings is 1. The van der Waals surface area contributed by atoms with Gasteiger partial charge in [0.15, 0.2) is 5.82 Å². The van der Waals surface area contributed by atoms with Crippen LogP contribution in [0.1, 0.15) is 43.9 Å². The van der Waals surface area contributed by atoms with Crippen LogP contribution in [0.5, 0.6) is 0 Å². The van der Waals surface area contributed by atoms with Crippen LogP contribution in [0.3, 0.4) is 0 Å². The number of rotatable bonds is 5. The van der Waals surface area contributed by atoms with E-state index in [1.807, 2.05) is 18.2 Å². The van der Waals surface area contributed by atoms with E-state index in [0.29, 0.717) is 5.41 Å². The van der Waals surface area contributed by atoms with Crippen LogP contribution in [-0.2, 0) is 12.8 Å². The number of aryl methyl sites for hydroxylation is 1. The second-order valence-corrected chi connectivity index (χ2v) is 6.60. The number of nitrogens with one attached hydrogen (secondary N) is 1. The Hall–Kier alpha value is -1.97. The first-order chi connectivity index (χ1) is 10.8. The third kappa shape index (κ3) is 2.47. The Morgan fingerprint density at radius 1 is 1.18 bits per heavy atom. The fourth-order valence-electron chi connectivity index (χ4n) is 3.29. The van der Waals surface area contributed by atoms with E-state index in [2.05, 4.69) is 17.2 Å². The Labute approximate surface area is 131 Å². The fraction of sp³-hybridized carbons (Fsp3) is 0.500. The average Bonchev–Trinajstić information content (AvgIpc) is 3.20. The van der Waals surface area contributed by atoms with E-state index in [1.165, 1.54) is 36.9 Å². The van der Waals surface area contributed by atoms with Crippen molar-refractivity contribution in [2.24, 2.45) is 5.41 Å². The van der Waals surface area contributed by atoms with E-state index in [9.17, 15) is 0 Å². The molecule has 1 N–H and O–H groups in total. The van der Waals surface area contributed by atoms with E-state index in [1.54, 1.807) is 6.20 Å². The average molecular weight is 294 g/mol. The second kappa shape index (κ2) is 5.34. The summed E-state index contributed by atoms with van der Waals surface area (Å²) < 4.78 is 0. The van der Waals surface area contributed by atoms with Gasteiger partial charge in [0.2, 0.25) is 0 Å². The number of nitrogens with zero attached hydrogens (tertiary/aromatic N) is 3. The van der Waals surface area contributed by atoms with Crippen molar-refractivity contribution < 1.29 is 0 Å². The van der Waals surface area contributed by atoms with Crippen LogP contribution in [0.2, 0.25) is 0 Å². The van der Waals surface area contributed by atoms with E-state index in [4.69, 9.17) is 9.97 Å². The molecule has 2 aliphatic carbocycles. The summed E-state index contributed by atoms with van der Waals surface area (Å²) in [4.78, 5) is 13.9. The first-order valence-corrected chi connectivity index (χ1v) is 8.35. The minimum absolute atomic E-state index is 0.515. The summed E-state index contributed by atoms with van der Waals surface area (Å²) in [5, 5.41) is 3.63. The molecule has 4 nitrogen and oxygen atoms in total. The Balaban J connectivity index is 1.66. The zero-order valence-electron chi connectivity index (χ0n) is 13.1. The van der Waals surface area contributed by atoms with E-state index < -0.39 is 0 Å². The Morgan fingerprint density at radius 3 is 2.82 bits per heavy atom. The lowest BCUT2D eigenvalue weighted by atomic mass is 10.0. The Morgan fingerprint density at radius 2 is 2.09 bits per heavy atom. The van der Waals surface area contributed by atoms with Crippen LogP contribution in [0, 0.1) is 5.41 Å². The first-order valence-electron chi connectivity index (χ1n) is 8.35. The van der Waals surface area contributed by atoms with Crippen molar-refractivity contribution in [3.8, 4) is 11.5 Å². The van der Waals surface area contributed by atoms with Crippen LogP contribution in [-0.4, -0.2) is 21.5 Å². The number of anilines is 1. The molecule has 0 aliphatic heterocycles. The molecule has 1 fully saturated rings. The first kappa shape index (κ1) is 13.7. The molecular formula is C18H22N4. The van der Waals surface area contributed by atoms with Crippen molar-refractivity contribution in [1.29, 1.82) is 0 Å². The maximum absolute atomic E-state index is 4.80. The molecule has 0 radical (unpaired) electrons. The largest absolute Gasteiger partial charge is 0.369 e. The topological polar surface area (TPSA) is 50.7 Å². The molecule has 0 unspecified atom stereocenters. The SMILES string of the molecule is CCC1(CNc2nc(-c3ccccn3)nc3c2CCC3)CC1. The van der Waals surface area contributed by atoms with Gasteiger partial charge in [0.05, 0.1) is 0 Å². The van der Waals surface area contributed by atoms with Crippen molar-refractivity contribution in [1.82, 2.24) is 15.0 Å². The van der Waals surface area contributed by atoms with Gasteiger partial charge in [-0.05, 0) is 56.1 Å². The minimum Gasteiger partial charge on any atom is -0.369 e. The number of hydrogen-bond donors (Lipinski definition) is 1. The molecule has 1 saturated carbocycles. The smallest absolute Gasteiger partial charge is 0.180 e. The summed E-state index contributed by atoms with van der Waals surface area (Å²) in [6.07, 6.45) is 9.08. The predicted molar refractivity (Wildman–Crippen MR) is 87.7 cm³/mol. The summed E-state index contributed by atoms with van der Waals surface area (Å²) in [6, 6.07) is 5.89. The molecule has 2 aromatic heterocycles. The van der Waals surface area contributed by atoms with Crippen LogP contribution in [0.25, 0.3) is 11.5 Å². The normalized spacial score (nSPS) is 18.0. The molecule has 2 aliphatic rings. The van der Waals surface area contributed by atoms with Crippen LogP contribution in [0.4, 0.5) is 5.82 Å². The quantitative estimate of drug-likeness (QED) is 0.915. The van der Waals surface area contributed by atoms with Gasteiger partial charge in [0, 0.05) is 24.0 Å². The van der Waals surface area contributed by atoms with Gasteiger partial charge < -0.3 is 5.32 Å². The maximum atomic E-state index is 4.80. The van der Waals surface area contributed by atoms with Crippen LogP contribution in [0.15, 0.2) is 24.4 Å². The molecule has 0 amide bonds. The molecule has 0 atom stereocenters. The number of hydrogen-bond acceptors (Lipinski definition) is 4. The monoisotopic (exact) mass is 294 g/mol. The van der Waals surface area contributed by atoms with E-state index in [0.717, 1.165) is 36.7 Å². The molecule has 0 aromatic carbocycles. The Bertz CT molecular complexity index is 677. The highest BCUT2D eigenvalue weighted by Gasteiger charge is 2.40. The zero-order chi connectivity index (χ0) is 15.0. The lowest BCUT2D eigenvalue weighted by molar-refractivity contribution is 0.520. The zero-order valence-corrected chi connectivity index (χ0v) is 13.1. The molecule has 22 heavy (non-hydrogen) atoms. The van der Waals surface area contributed by atoms with E-state index >= 15 is 0 Å². The van der Waals surface area contributed by atoms with Gasteiger partial charge in [-0.15, -0.1) is 0 Å². The van der Waals surface area contributed by atoms with Gasteiger partial charge in [-0.2, -0.15) is 0 Å². The summed E-state index contributed by atoms with van der Waals surface area (Å²) in [7, 11) is 0. The number of fused-ring (bicyclic) bond motifs is 1. The highest BCUT2D eigenvalue weighted by Crippen LogP contribution is 2.48. The van der Waals surface area contributed by atoms with Crippen molar-refractivity contribution in [2.75, 3.05) is 11.9 Å². The van der Waals surface area contributed by atoms with Crippen molar-refractivity contribution in [3.63, 3.8) is 0 Å². The summed E-state index contributed by atoms with van der Waals surface area (Å²) in [5.41, 5.74) is 3.91. The highest BCUT2D eigenvalue weighted by atomic mass is 15.1. The van der Waals surface area contributed by atoms with Gasteiger partial charge in [0.1, 0.15) is 11.5 Å². The summed E-state index contributed by atoms with van der Waals surface area (Å²) in [5.74, 6) is 1.80. The molecule has 4 rings (SSSR count). The fourth-order valence-corrected chi connectivity index (χ4v) is 3.29. The molecular weight excluding hydrogens is 272 g/mol.